The number of aryl methyl sites for hydroxylation is 1. The molecule has 1 aromatic rings. The molecule has 1 unspecified atom stereocenters. The van der Waals surface area contributed by atoms with Gasteiger partial charge in [0.15, 0.2) is 12.5 Å². The lowest BCUT2D eigenvalue weighted by molar-refractivity contribution is -0.408. The molecule has 0 fully saturated rings. The molecule has 0 spiro atoms. The van der Waals surface area contributed by atoms with Crippen LogP contribution in [0.1, 0.15) is 25.8 Å². The number of ether oxygens (including phenoxy) is 1. The van der Waals surface area contributed by atoms with Crippen LogP contribution in [0.5, 0.6) is 0 Å². The average Bonchev–Trinajstić information content (AvgIpc) is 2.72. The average molecular weight is 432 g/mol. The number of anilines is 1. The zero-order valence-electron chi connectivity index (χ0n) is 17.4. The van der Waals surface area contributed by atoms with Crippen molar-refractivity contribution in [2.24, 2.45) is 10.9 Å². The number of carbonyl (C=O) groups excluding carboxylic acids is 3. The minimum Gasteiger partial charge on any atom is -0.496 e. The first kappa shape index (κ1) is 21.7. The van der Waals surface area contributed by atoms with Crippen molar-refractivity contribution in [3.63, 3.8) is 0 Å². The molecule has 158 valence electrons. The second-order valence-corrected chi connectivity index (χ2v) is 7.41. The highest BCUT2D eigenvalue weighted by Crippen LogP contribution is 2.29. The highest BCUT2D eigenvalue weighted by atomic mass is 35.5. The molecule has 3 rings (SSSR count). The van der Waals surface area contributed by atoms with Crippen LogP contribution >= 0.6 is 11.6 Å². The number of imide groups is 1. The lowest BCUT2D eigenvalue weighted by Gasteiger charge is -2.29. The Morgan fingerprint density at radius 2 is 2.07 bits per heavy atom. The first-order valence-electron chi connectivity index (χ1n) is 9.70. The van der Waals surface area contributed by atoms with Crippen LogP contribution < -0.4 is 5.32 Å². The Morgan fingerprint density at radius 3 is 2.70 bits per heavy atom. The topological polar surface area (TPSA) is 91.1 Å². The van der Waals surface area contributed by atoms with Gasteiger partial charge in [-0.2, -0.15) is 9.48 Å². The Hall–Kier alpha value is -3.00. The minimum absolute atomic E-state index is 0.299. The Balaban J connectivity index is 1.87. The van der Waals surface area contributed by atoms with E-state index in [-0.39, 0.29) is 0 Å². The van der Waals surface area contributed by atoms with Crippen LogP contribution in [0, 0.1) is 12.8 Å². The summed E-state index contributed by atoms with van der Waals surface area (Å²) in [5, 5.41) is 3.18. The van der Waals surface area contributed by atoms with Gasteiger partial charge in [-0.1, -0.05) is 24.6 Å². The van der Waals surface area contributed by atoms with Gasteiger partial charge in [0.1, 0.15) is 12.0 Å². The van der Waals surface area contributed by atoms with E-state index < -0.39 is 30.3 Å². The molecule has 2 aliphatic rings. The van der Waals surface area contributed by atoms with Crippen molar-refractivity contribution in [1.29, 1.82) is 0 Å². The first-order valence-corrected chi connectivity index (χ1v) is 10.1. The molecular weight excluding hydrogens is 408 g/mol. The first-order chi connectivity index (χ1) is 14.3. The van der Waals surface area contributed by atoms with Crippen molar-refractivity contribution in [2.75, 3.05) is 25.5 Å². The second kappa shape index (κ2) is 8.79. The Kier molecular flexibility index (Phi) is 6.36. The summed E-state index contributed by atoms with van der Waals surface area (Å²) in [7, 11) is 1.53. The lowest BCUT2D eigenvalue weighted by Crippen LogP contribution is -2.56. The Bertz CT molecular complexity index is 1010. The maximum Gasteiger partial charge on any atom is 0.446 e. The maximum atomic E-state index is 13.2. The third kappa shape index (κ3) is 4.00. The number of nitrogens with zero attached hydrogens (tertiary/aromatic N) is 3. The standard InChI is InChI=1S/C21H23ClN4O4/c1-5-13-10-23-19-17(18(13)30-6-2)20(28)26(21(29)25(19)4)11-16(27)24-14-8-7-12(3)15(22)9-14/h7-10,17H,5-6,11H2,1-4H3/p+1. The maximum absolute atomic E-state index is 13.2. The number of hydrogen-bond donors (Lipinski definition) is 1. The van der Waals surface area contributed by atoms with Gasteiger partial charge in [-0.3, -0.25) is 9.59 Å². The molecule has 1 aromatic carbocycles. The van der Waals surface area contributed by atoms with Gasteiger partial charge < -0.3 is 10.1 Å². The molecule has 2 aliphatic heterocycles. The van der Waals surface area contributed by atoms with Crippen molar-refractivity contribution in [2.45, 2.75) is 27.2 Å². The third-order valence-electron chi connectivity index (χ3n) is 5.00. The summed E-state index contributed by atoms with van der Waals surface area (Å²) in [5.74, 6) is -1.12. The molecule has 4 amide bonds. The summed E-state index contributed by atoms with van der Waals surface area (Å²) in [5.41, 5.74) is 2.15. The molecule has 9 heteroatoms. The van der Waals surface area contributed by atoms with Crippen molar-refractivity contribution >= 4 is 47.2 Å². The summed E-state index contributed by atoms with van der Waals surface area (Å²) < 4.78 is 7.03. The van der Waals surface area contributed by atoms with E-state index in [4.69, 9.17) is 16.3 Å². The van der Waals surface area contributed by atoms with E-state index in [1.807, 2.05) is 20.8 Å². The minimum atomic E-state index is -0.853. The number of dihydropyridines is 1. The van der Waals surface area contributed by atoms with Gasteiger partial charge in [0.2, 0.25) is 0 Å². The number of allylic oxidation sites excluding steroid dienone is 1. The van der Waals surface area contributed by atoms with Gasteiger partial charge in [0, 0.05) is 16.3 Å². The van der Waals surface area contributed by atoms with E-state index in [0.29, 0.717) is 35.3 Å². The predicted octanol–water partition coefficient (Wildman–Crippen LogP) is 2.99. The number of halogens is 1. The summed E-state index contributed by atoms with van der Waals surface area (Å²) >= 11 is 6.09. The highest BCUT2D eigenvalue weighted by Gasteiger charge is 2.51. The zero-order valence-corrected chi connectivity index (χ0v) is 18.1. The quantitative estimate of drug-likeness (QED) is 0.701. The van der Waals surface area contributed by atoms with E-state index in [1.54, 1.807) is 24.4 Å². The molecule has 2 heterocycles. The third-order valence-corrected chi connectivity index (χ3v) is 5.41. The van der Waals surface area contributed by atoms with Crippen molar-refractivity contribution < 1.29 is 23.7 Å². The van der Waals surface area contributed by atoms with Crippen LogP contribution in [-0.4, -0.2) is 59.6 Å². The van der Waals surface area contributed by atoms with Gasteiger partial charge in [-0.15, -0.1) is 4.99 Å². The zero-order chi connectivity index (χ0) is 22.0. The smallest absolute Gasteiger partial charge is 0.446 e. The monoisotopic (exact) mass is 431 g/mol. The largest absolute Gasteiger partial charge is 0.496 e. The van der Waals surface area contributed by atoms with E-state index in [0.717, 1.165) is 16.0 Å². The number of aliphatic imine (C=N–C) groups is 1. The summed E-state index contributed by atoms with van der Waals surface area (Å²) in [6, 6.07) is 4.48. The van der Waals surface area contributed by atoms with Gasteiger partial charge in [0.05, 0.1) is 13.7 Å². The Morgan fingerprint density at radius 1 is 1.33 bits per heavy atom. The van der Waals surface area contributed by atoms with Crippen LogP contribution in [0.2, 0.25) is 5.02 Å². The highest BCUT2D eigenvalue weighted by molar-refractivity contribution is 6.31. The van der Waals surface area contributed by atoms with Crippen LogP contribution in [0.25, 0.3) is 0 Å². The van der Waals surface area contributed by atoms with Crippen LogP contribution in [0.4, 0.5) is 10.5 Å². The normalized spacial score (nSPS) is 18.7. The molecule has 0 saturated heterocycles. The fourth-order valence-corrected chi connectivity index (χ4v) is 3.55. The second-order valence-electron chi connectivity index (χ2n) is 7.00. The number of urea groups is 1. The van der Waals surface area contributed by atoms with Crippen molar-refractivity contribution in [3.8, 4) is 0 Å². The van der Waals surface area contributed by atoms with Gasteiger partial charge >= 0.3 is 11.9 Å². The summed E-state index contributed by atoms with van der Waals surface area (Å²) in [6.07, 6.45) is 2.25. The Labute approximate surface area is 179 Å². The number of rotatable bonds is 6. The molecular formula is C21H24ClN4O4+. The number of amidine groups is 1. The fourth-order valence-electron chi connectivity index (χ4n) is 3.37. The number of benzene rings is 1. The van der Waals surface area contributed by atoms with Crippen LogP contribution in [0.15, 0.2) is 34.5 Å². The SMILES string of the molecule is CCOC1=C(CC)C=NC2=[N+](C)C(=O)N(CC(=O)Nc3ccc(C)c(Cl)c3)C(=O)C12. The number of carbonyl (C=O) groups is 3. The number of fused-ring (bicyclic) bond motifs is 1. The number of hydrogen-bond acceptors (Lipinski definition) is 5. The molecule has 0 radical (unpaired) electrons. The fraction of sp³-hybridized carbons (Fsp3) is 0.381. The van der Waals surface area contributed by atoms with Gasteiger partial charge in [-0.05, 0) is 38.0 Å². The number of nitrogens with one attached hydrogen (secondary N) is 1. The molecule has 0 bridgehead atoms. The van der Waals surface area contributed by atoms with Crippen LogP contribution in [-0.2, 0) is 14.3 Å². The molecule has 1 atom stereocenters. The number of amides is 4. The molecule has 0 aromatic heterocycles. The van der Waals surface area contributed by atoms with E-state index in [2.05, 4.69) is 10.3 Å². The van der Waals surface area contributed by atoms with Gasteiger partial charge in [0.25, 0.3) is 11.7 Å². The molecule has 0 aliphatic carbocycles. The molecule has 0 saturated carbocycles. The van der Waals surface area contributed by atoms with Crippen LogP contribution in [0.3, 0.4) is 0 Å². The van der Waals surface area contributed by atoms with Gasteiger partial charge in [-0.25, -0.2) is 4.79 Å². The lowest BCUT2D eigenvalue weighted by atomic mass is 9.94. The van der Waals surface area contributed by atoms with E-state index >= 15 is 0 Å². The summed E-state index contributed by atoms with van der Waals surface area (Å²) in [4.78, 5) is 43.8. The molecule has 8 nitrogen and oxygen atoms in total. The summed E-state index contributed by atoms with van der Waals surface area (Å²) in [6.45, 7) is 5.55. The van der Waals surface area contributed by atoms with Crippen molar-refractivity contribution in [3.05, 3.63) is 40.1 Å². The van der Waals surface area contributed by atoms with E-state index in [1.165, 1.54) is 11.6 Å². The molecule has 1 N–H and O–H groups in total. The molecule has 30 heavy (non-hydrogen) atoms. The van der Waals surface area contributed by atoms with Crippen molar-refractivity contribution in [1.82, 2.24) is 4.90 Å². The van der Waals surface area contributed by atoms with E-state index in [9.17, 15) is 14.4 Å². The predicted molar refractivity (Wildman–Crippen MR) is 114 cm³/mol.